The van der Waals surface area contributed by atoms with Gasteiger partial charge in [0.1, 0.15) is 0 Å². The van der Waals surface area contributed by atoms with E-state index in [-0.39, 0.29) is 0 Å². The molecule has 1 aromatic carbocycles. The Morgan fingerprint density at radius 3 is 2.90 bits per heavy atom. The minimum atomic E-state index is 0.542. The number of likely N-dealkylation sites (tertiary alicyclic amines) is 1. The van der Waals surface area contributed by atoms with Crippen LogP contribution in [0.3, 0.4) is 0 Å². The predicted molar refractivity (Wildman–Crippen MR) is 81.4 cm³/mol. The molecule has 0 aliphatic carbocycles. The van der Waals surface area contributed by atoms with E-state index in [0.29, 0.717) is 12.0 Å². The molecule has 0 bridgehead atoms. The zero-order valence-electron chi connectivity index (χ0n) is 11.7. The lowest BCUT2D eigenvalue weighted by Gasteiger charge is -2.16. The maximum absolute atomic E-state index is 4.08. The van der Waals surface area contributed by atoms with Crippen LogP contribution in [0.5, 0.6) is 0 Å². The summed E-state index contributed by atoms with van der Waals surface area (Å²) >= 11 is 1.41. The molecule has 1 fully saturated rings. The highest BCUT2D eigenvalue weighted by Crippen LogP contribution is 2.19. The van der Waals surface area contributed by atoms with Crippen LogP contribution in [0.1, 0.15) is 18.2 Å². The summed E-state index contributed by atoms with van der Waals surface area (Å²) in [5, 5.41) is 9.70. The van der Waals surface area contributed by atoms with E-state index >= 15 is 0 Å². The molecule has 20 heavy (non-hydrogen) atoms. The average molecular weight is 288 g/mol. The van der Waals surface area contributed by atoms with Crippen molar-refractivity contribution in [2.75, 3.05) is 13.1 Å². The molecule has 0 saturated carbocycles. The Hall–Kier alpha value is -1.30. The van der Waals surface area contributed by atoms with E-state index in [1.807, 2.05) is 5.38 Å². The third-order valence-corrected chi connectivity index (χ3v) is 4.44. The highest BCUT2D eigenvalue weighted by molar-refractivity contribution is 7.03. The Balaban J connectivity index is 1.51. The molecule has 4 nitrogen and oxygen atoms in total. The third-order valence-electron chi connectivity index (χ3n) is 3.89. The normalized spacial score (nSPS) is 23.2. The second-order valence-electron chi connectivity index (χ2n) is 5.54. The summed E-state index contributed by atoms with van der Waals surface area (Å²) in [5.41, 5.74) is 2.44. The summed E-state index contributed by atoms with van der Waals surface area (Å²) < 4.78 is 3.90. The van der Waals surface area contributed by atoms with Crippen molar-refractivity contribution in [1.29, 1.82) is 0 Å². The molecule has 5 heteroatoms. The zero-order valence-corrected chi connectivity index (χ0v) is 12.5. The molecule has 3 rings (SSSR count). The van der Waals surface area contributed by atoms with Crippen molar-refractivity contribution in [2.45, 2.75) is 26.1 Å². The van der Waals surface area contributed by atoms with Crippen molar-refractivity contribution in [3.8, 4) is 0 Å². The molecule has 1 N–H and O–H groups in total. The Morgan fingerprint density at radius 2 is 2.15 bits per heavy atom. The molecule has 2 heterocycles. The van der Waals surface area contributed by atoms with Crippen molar-refractivity contribution in [2.24, 2.45) is 5.92 Å². The van der Waals surface area contributed by atoms with Crippen LogP contribution in [-0.2, 0) is 13.1 Å². The van der Waals surface area contributed by atoms with Crippen LogP contribution in [0.25, 0.3) is 0 Å². The number of aromatic nitrogens is 2. The number of hydrogen-bond acceptors (Lipinski definition) is 5. The van der Waals surface area contributed by atoms with E-state index in [9.17, 15) is 0 Å². The van der Waals surface area contributed by atoms with Gasteiger partial charge in [0.15, 0.2) is 0 Å². The van der Waals surface area contributed by atoms with Gasteiger partial charge in [0.05, 0.1) is 5.69 Å². The number of benzene rings is 1. The Kier molecular flexibility index (Phi) is 4.40. The van der Waals surface area contributed by atoms with Gasteiger partial charge < -0.3 is 5.32 Å². The topological polar surface area (TPSA) is 41.0 Å². The molecule has 2 unspecified atom stereocenters. The number of nitrogens with one attached hydrogen (secondary N) is 1. The lowest BCUT2D eigenvalue weighted by Crippen LogP contribution is -2.35. The van der Waals surface area contributed by atoms with Gasteiger partial charge in [-0.3, -0.25) is 4.90 Å². The van der Waals surface area contributed by atoms with E-state index in [2.05, 4.69) is 57.1 Å². The third kappa shape index (κ3) is 3.42. The maximum Gasteiger partial charge on any atom is 0.0893 e. The summed E-state index contributed by atoms with van der Waals surface area (Å²) in [7, 11) is 0. The van der Waals surface area contributed by atoms with Gasteiger partial charge in [-0.15, -0.1) is 5.10 Å². The van der Waals surface area contributed by atoms with E-state index in [1.165, 1.54) is 17.1 Å². The van der Waals surface area contributed by atoms with E-state index < -0.39 is 0 Å². The van der Waals surface area contributed by atoms with Crippen molar-refractivity contribution in [3.63, 3.8) is 0 Å². The molecular formula is C15H20N4S. The predicted octanol–water partition coefficient (Wildman–Crippen LogP) is 2.15. The number of hydrogen-bond donors (Lipinski definition) is 1. The fourth-order valence-corrected chi connectivity index (χ4v) is 3.25. The van der Waals surface area contributed by atoms with Crippen molar-refractivity contribution < 1.29 is 0 Å². The maximum atomic E-state index is 4.08. The lowest BCUT2D eigenvalue weighted by molar-refractivity contribution is 0.316. The second kappa shape index (κ2) is 6.43. The number of rotatable bonds is 5. The van der Waals surface area contributed by atoms with Crippen molar-refractivity contribution >= 4 is 11.5 Å². The SMILES string of the molecule is CC1CN(Cc2ccccc2)CC1NCc1csnn1. The highest BCUT2D eigenvalue weighted by atomic mass is 32.1. The van der Waals surface area contributed by atoms with Gasteiger partial charge in [0.25, 0.3) is 0 Å². The summed E-state index contributed by atoms with van der Waals surface area (Å²) in [6.07, 6.45) is 0. The molecule has 2 aromatic rings. The van der Waals surface area contributed by atoms with Crippen LogP contribution in [-0.4, -0.2) is 33.6 Å². The first kappa shape index (κ1) is 13.7. The molecule has 1 aliphatic heterocycles. The molecule has 2 atom stereocenters. The van der Waals surface area contributed by atoms with Gasteiger partial charge in [-0.1, -0.05) is 41.7 Å². The molecule has 0 amide bonds. The average Bonchev–Trinajstić information content (AvgIpc) is 3.08. The first-order chi connectivity index (χ1) is 9.81. The molecular weight excluding hydrogens is 268 g/mol. The van der Waals surface area contributed by atoms with Gasteiger partial charge in [-0.05, 0) is 23.0 Å². The van der Waals surface area contributed by atoms with Crippen molar-refractivity contribution in [1.82, 2.24) is 19.8 Å². The largest absolute Gasteiger partial charge is 0.307 e. The lowest BCUT2D eigenvalue weighted by atomic mass is 10.1. The first-order valence-corrected chi connectivity index (χ1v) is 7.90. The molecule has 1 saturated heterocycles. The van der Waals surface area contributed by atoms with Crippen LogP contribution < -0.4 is 5.32 Å². The summed E-state index contributed by atoms with van der Waals surface area (Å²) in [6.45, 7) is 6.45. The fraction of sp³-hybridized carbons (Fsp3) is 0.467. The minimum absolute atomic E-state index is 0.542. The molecule has 0 spiro atoms. The summed E-state index contributed by atoms with van der Waals surface area (Å²) in [4.78, 5) is 2.52. The van der Waals surface area contributed by atoms with Gasteiger partial charge >= 0.3 is 0 Å². The summed E-state index contributed by atoms with van der Waals surface area (Å²) in [6, 6.07) is 11.2. The zero-order chi connectivity index (χ0) is 13.8. The van der Waals surface area contributed by atoms with Gasteiger partial charge in [-0.2, -0.15) is 0 Å². The van der Waals surface area contributed by atoms with Gasteiger partial charge in [0.2, 0.25) is 0 Å². The van der Waals surface area contributed by atoms with Crippen LogP contribution in [0, 0.1) is 5.92 Å². The van der Waals surface area contributed by atoms with E-state index in [4.69, 9.17) is 0 Å². The Bertz CT molecular complexity index is 514. The standard InChI is InChI=1S/C15H20N4S/c1-12-8-19(9-13-5-3-2-4-6-13)10-15(12)16-7-14-11-20-18-17-14/h2-6,11-12,15-16H,7-10H2,1H3. The molecule has 1 aromatic heterocycles. The quantitative estimate of drug-likeness (QED) is 0.915. The van der Waals surface area contributed by atoms with Gasteiger partial charge in [-0.25, -0.2) is 0 Å². The van der Waals surface area contributed by atoms with E-state index in [0.717, 1.165) is 31.9 Å². The summed E-state index contributed by atoms with van der Waals surface area (Å²) in [5.74, 6) is 0.672. The van der Waals surface area contributed by atoms with E-state index in [1.54, 1.807) is 0 Å². The fourth-order valence-electron chi connectivity index (χ4n) is 2.80. The van der Waals surface area contributed by atoms with Crippen LogP contribution in [0.4, 0.5) is 0 Å². The van der Waals surface area contributed by atoms with Gasteiger partial charge in [0, 0.05) is 37.6 Å². The molecule has 0 radical (unpaired) electrons. The Morgan fingerprint density at radius 1 is 1.30 bits per heavy atom. The monoisotopic (exact) mass is 288 g/mol. The number of nitrogens with zero attached hydrogens (tertiary/aromatic N) is 3. The van der Waals surface area contributed by atoms with Crippen molar-refractivity contribution in [3.05, 3.63) is 47.0 Å². The van der Waals surface area contributed by atoms with Crippen LogP contribution in [0.2, 0.25) is 0 Å². The minimum Gasteiger partial charge on any atom is -0.307 e. The molecule has 106 valence electrons. The van der Waals surface area contributed by atoms with Crippen LogP contribution >= 0.6 is 11.5 Å². The smallest absolute Gasteiger partial charge is 0.0893 e. The Labute approximate surface area is 124 Å². The highest BCUT2D eigenvalue weighted by Gasteiger charge is 2.29. The molecule has 1 aliphatic rings. The second-order valence-corrected chi connectivity index (χ2v) is 6.15. The first-order valence-electron chi connectivity index (χ1n) is 7.07. The van der Waals surface area contributed by atoms with Crippen LogP contribution in [0.15, 0.2) is 35.7 Å².